The Labute approximate surface area is 117 Å². The molecule has 0 aliphatic carbocycles. The smallest absolute Gasteiger partial charge is 0.0534 e. The summed E-state index contributed by atoms with van der Waals surface area (Å²) in [5.74, 6) is 0. The van der Waals surface area contributed by atoms with Gasteiger partial charge in [0.25, 0.3) is 0 Å². The van der Waals surface area contributed by atoms with Crippen LogP contribution in [0.3, 0.4) is 0 Å². The van der Waals surface area contributed by atoms with Gasteiger partial charge in [-0.1, -0.05) is 23.2 Å². The first-order valence-corrected chi connectivity index (χ1v) is 6.54. The third kappa shape index (κ3) is 4.02. The van der Waals surface area contributed by atoms with Gasteiger partial charge in [-0.25, -0.2) is 0 Å². The molecule has 0 radical (unpaired) electrons. The summed E-state index contributed by atoms with van der Waals surface area (Å²) < 4.78 is 1.92. The molecule has 0 saturated heterocycles. The first-order valence-electron chi connectivity index (χ1n) is 5.78. The third-order valence-corrected chi connectivity index (χ3v) is 2.97. The molecule has 0 atom stereocenters. The highest BCUT2D eigenvalue weighted by atomic mass is 35.5. The van der Waals surface area contributed by atoms with Gasteiger partial charge in [0.05, 0.1) is 12.7 Å². The van der Waals surface area contributed by atoms with Crippen molar-refractivity contribution in [2.45, 2.75) is 20.0 Å². The zero-order valence-electron chi connectivity index (χ0n) is 10.2. The molecule has 1 heterocycles. The SMILES string of the molecule is Cc1cnn(CCNCc2cc(Cl)cc(Cl)c2)c1. The van der Waals surface area contributed by atoms with E-state index in [2.05, 4.69) is 10.4 Å². The average molecular weight is 284 g/mol. The van der Waals surface area contributed by atoms with Gasteiger partial charge in [0.2, 0.25) is 0 Å². The first-order chi connectivity index (χ1) is 8.63. The molecular weight excluding hydrogens is 269 g/mol. The summed E-state index contributed by atoms with van der Waals surface area (Å²) in [7, 11) is 0. The van der Waals surface area contributed by atoms with Crippen LogP contribution in [0.5, 0.6) is 0 Å². The number of hydrogen-bond donors (Lipinski definition) is 1. The van der Waals surface area contributed by atoms with E-state index in [0.717, 1.165) is 25.2 Å². The highest BCUT2D eigenvalue weighted by Crippen LogP contribution is 2.18. The van der Waals surface area contributed by atoms with Crippen LogP contribution in [0.4, 0.5) is 0 Å². The van der Waals surface area contributed by atoms with Crippen LogP contribution in [-0.4, -0.2) is 16.3 Å². The van der Waals surface area contributed by atoms with Crippen molar-refractivity contribution in [3.63, 3.8) is 0 Å². The summed E-state index contributed by atoms with van der Waals surface area (Å²) in [5, 5.41) is 8.90. The second kappa shape index (κ2) is 6.23. The number of aromatic nitrogens is 2. The molecular formula is C13H15Cl2N3. The van der Waals surface area contributed by atoms with Gasteiger partial charge in [-0.15, -0.1) is 0 Å². The topological polar surface area (TPSA) is 29.9 Å². The van der Waals surface area contributed by atoms with Crippen LogP contribution in [0.15, 0.2) is 30.6 Å². The maximum atomic E-state index is 5.94. The molecule has 0 unspecified atom stereocenters. The van der Waals surface area contributed by atoms with Gasteiger partial charge in [0.1, 0.15) is 0 Å². The number of rotatable bonds is 5. The molecule has 0 aliphatic heterocycles. The Kier molecular flexibility index (Phi) is 4.64. The van der Waals surface area contributed by atoms with Gasteiger partial charge >= 0.3 is 0 Å². The van der Waals surface area contributed by atoms with E-state index in [1.807, 2.05) is 36.1 Å². The van der Waals surface area contributed by atoms with Crippen molar-refractivity contribution in [2.75, 3.05) is 6.54 Å². The van der Waals surface area contributed by atoms with Crippen molar-refractivity contribution < 1.29 is 0 Å². The van der Waals surface area contributed by atoms with Crippen LogP contribution >= 0.6 is 23.2 Å². The fourth-order valence-corrected chi connectivity index (χ4v) is 2.30. The molecule has 0 amide bonds. The normalized spacial score (nSPS) is 10.8. The van der Waals surface area contributed by atoms with Crippen LogP contribution in [0.2, 0.25) is 10.0 Å². The van der Waals surface area contributed by atoms with E-state index < -0.39 is 0 Å². The van der Waals surface area contributed by atoms with Crippen LogP contribution < -0.4 is 5.32 Å². The molecule has 0 spiro atoms. The zero-order valence-corrected chi connectivity index (χ0v) is 11.7. The van der Waals surface area contributed by atoms with Crippen molar-refractivity contribution in [3.05, 3.63) is 51.8 Å². The number of benzene rings is 1. The number of halogens is 2. The van der Waals surface area contributed by atoms with Gasteiger partial charge < -0.3 is 5.32 Å². The molecule has 1 aromatic carbocycles. The molecule has 2 rings (SSSR count). The molecule has 0 bridgehead atoms. The molecule has 1 aromatic heterocycles. The Balaban J connectivity index is 1.78. The Morgan fingerprint density at radius 3 is 2.56 bits per heavy atom. The maximum Gasteiger partial charge on any atom is 0.0534 e. The van der Waals surface area contributed by atoms with Gasteiger partial charge in [-0.3, -0.25) is 4.68 Å². The van der Waals surface area contributed by atoms with Gasteiger partial charge in [0.15, 0.2) is 0 Å². The van der Waals surface area contributed by atoms with Crippen molar-refractivity contribution in [3.8, 4) is 0 Å². The van der Waals surface area contributed by atoms with Crippen LogP contribution in [0, 0.1) is 6.92 Å². The summed E-state index contributed by atoms with van der Waals surface area (Å²) in [4.78, 5) is 0. The van der Waals surface area contributed by atoms with E-state index >= 15 is 0 Å². The molecule has 18 heavy (non-hydrogen) atoms. The largest absolute Gasteiger partial charge is 0.311 e. The van der Waals surface area contributed by atoms with Gasteiger partial charge in [-0.05, 0) is 36.2 Å². The molecule has 0 aliphatic rings. The lowest BCUT2D eigenvalue weighted by atomic mass is 10.2. The van der Waals surface area contributed by atoms with E-state index in [-0.39, 0.29) is 0 Å². The minimum absolute atomic E-state index is 0.669. The number of nitrogens with one attached hydrogen (secondary N) is 1. The molecule has 1 N–H and O–H groups in total. The molecule has 0 fully saturated rings. The predicted molar refractivity (Wildman–Crippen MR) is 75.1 cm³/mol. The van der Waals surface area contributed by atoms with Crippen molar-refractivity contribution in [1.82, 2.24) is 15.1 Å². The van der Waals surface area contributed by atoms with Crippen molar-refractivity contribution >= 4 is 23.2 Å². The van der Waals surface area contributed by atoms with E-state index in [1.54, 1.807) is 6.07 Å². The zero-order chi connectivity index (χ0) is 13.0. The number of hydrogen-bond acceptors (Lipinski definition) is 2. The minimum Gasteiger partial charge on any atom is -0.311 e. The molecule has 3 nitrogen and oxygen atoms in total. The van der Waals surface area contributed by atoms with E-state index in [1.165, 1.54) is 5.56 Å². The summed E-state index contributed by atoms with van der Waals surface area (Å²) in [6.45, 7) is 4.48. The molecule has 5 heteroatoms. The maximum absolute atomic E-state index is 5.94. The van der Waals surface area contributed by atoms with E-state index in [9.17, 15) is 0 Å². The lowest BCUT2D eigenvalue weighted by Gasteiger charge is -2.06. The van der Waals surface area contributed by atoms with Gasteiger partial charge in [0, 0.05) is 29.3 Å². The average Bonchev–Trinajstić information content (AvgIpc) is 2.69. The third-order valence-electron chi connectivity index (χ3n) is 2.53. The summed E-state index contributed by atoms with van der Waals surface area (Å²) in [5.41, 5.74) is 2.26. The standard InChI is InChI=1S/C13H15Cl2N3/c1-10-7-17-18(9-10)3-2-16-8-11-4-12(14)6-13(15)5-11/h4-7,9,16H,2-3,8H2,1H3. The molecule has 2 aromatic rings. The predicted octanol–water partition coefficient (Wildman–Crippen LogP) is 3.29. The second-order valence-electron chi connectivity index (χ2n) is 4.24. The van der Waals surface area contributed by atoms with Crippen LogP contribution in [0.25, 0.3) is 0 Å². The summed E-state index contributed by atoms with van der Waals surface area (Å²) in [6, 6.07) is 5.57. The highest BCUT2D eigenvalue weighted by Gasteiger charge is 1.98. The second-order valence-corrected chi connectivity index (χ2v) is 5.11. The van der Waals surface area contributed by atoms with Gasteiger partial charge in [-0.2, -0.15) is 5.10 Å². The first kappa shape index (κ1) is 13.4. The Hall–Kier alpha value is -1.03. The monoisotopic (exact) mass is 283 g/mol. The van der Waals surface area contributed by atoms with Crippen LogP contribution in [-0.2, 0) is 13.1 Å². The number of aryl methyl sites for hydroxylation is 1. The van der Waals surface area contributed by atoms with Crippen molar-refractivity contribution in [1.29, 1.82) is 0 Å². The fourth-order valence-electron chi connectivity index (χ4n) is 1.73. The van der Waals surface area contributed by atoms with Crippen molar-refractivity contribution in [2.24, 2.45) is 0 Å². The quantitative estimate of drug-likeness (QED) is 0.854. The highest BCUT2D eigenvalue weighted by molar-refractivity contribution is 6.34. The van der Waals surface area contributed by atoms with Crippen LogP contribution in [0.1, 0.15) is 11.1 Å². The van der Waals surface area contributed by atoms with E-state index in [4.69, 9.17) is 23.2 Å². The Bertz CT molecular complexity index is 502. The lowest BCUT2D eigenvalue weighted by molar-refractivity contribution is 0.554. The molecule has 96 valence electrons. The number of nitrogens with zero attached hydrogens (tertiary/aromatic N) is 2. The summed E-state index contributed by atoms with van der Waals surface area (Å²) in [6.07, 6.45) is 3.88. The molecule has 0 saturated carbocycles. The Morgan fingerprint density at radius 2 is 1.94 bits per heavy atom. The lowest BCUT2D eigenvalue weighted by Crippen LogP contribution is -2.19. The van der Waals surface area contributed by atoms with E-state index in [0.29, 0.717) is 10.0 Å². The Morgan fingerprint density at radius 1 is 1.22 bits per heavy atom. The fraction of sp³-hybridized carbons (Fsp3) is 0.308. The summed E-state index contributed by atoms with van der Waals surface area (Å²) >= 11 is 11.9. The minimum atomic E-state index is 0.669.